The van der Waals surface area contributed by atoms with Crippen molar-refractivity contribution < 1.29 is 18.3 Å². The van der Waals surface area contributed by atoms with Crippen molar-refractivity contribution in [3.8, 4) is 0 Å². The number of hydrogen-bond donors (Lipinski definition) is 2. The fraction of sp³-hybridized carbons (Fsp3) is 0.917. The Labute approximate surface area is 116 Å². The van der Waals surface area contributed by atoms with E-state index < -0.39 is 16.2 Å². The fourth-order valence-corrected chi connectivity index (χ4v) is 2.97. The van der Waals surface area contributed by atoms with Crippen molar-refractivity contribution in [3.63, 3.8) is 0 Å². The van der Waals surface area contributed by atoms with Gasteiger partial charge in [0.25, 0.3) is 10.2 Å². The van der Waals surface area contributed by atoms with Crippen molar-refractivity contribution in [3.05, 3.63) is 0 Å². The number of carboxylic acids is 1. The summed E-state index contributed by atoms with van der Waals surface area (Å²) in [6.07, 6.45) is 1.26. The van der Waals surface area contributed by atoms with Gasteiger partial charge in [0.05, 0.1) is 0 Å². The van der Waals surface area contributed by atoms with Crippen LogP contribution < -0.4 is 4.72 Å². The quantitative estimate of drug-likeness (QED) is 0.638. The molecule has 0 atom stereocenters. The summed E-state index contributed by atoms with van der Waals surface area (Å²) >= 11 is 0. The van der Waals surface area contributed by atoms with Crippen molar-refractivity contribution in [1.29, 1.82) is 0 Å². The number of aliphatic carboxylic acids is 1. The molecule has 0 radical (unpaired) electrons. The summed E-state index contributed by atoms with van der Waals surface area (Å²) in [6.45, 7) is 8.68. The molecule has 0 aromatic carbocycles. The van der Waals surface area contributed by atoms with Crippen LogP contribution in [0.2, 0.25) is 0 Å². The van der Waals surface area contributed by atoms with Gasteiger partial charge in [-0.3, -0.25) is 4.79 Å². The van der Waals surface area contributed by atoms with Gasteiger partial charge in [0.15, 0.2) is 0 Å². The molecule has 0 unspecified atom stereocenters. The monoisotopic (exact) mass is 294 g/mol. The summed E-state index contributed by atoms with van der Waals surface area (Å²) in [5.74, 6) is -0.822. The lowest BCUT2D eigenvalue weighted by Gasteiger charge is -2.25. The molecular weight excluding hydrogens is 268 g/mol. The van der Waals surface area contributed by atoms with E-state index in [9.17, 15) is 13.2 Å². The molecule has 0 bridgehead atoms. The predicted octanol–water partition coefficient (Wildman–Crippen LogP) is 1.44. The molecule has 0 amide bonds. The van der Waals surface area contributed by atoms with Gasteiger partial charge in [-0.1, -0.05) is 27.7 Å². The second-order valence-electron chi connectivity index (χ2n) is 5.29. The van der Waals surface area contributed by atoms with E-state index >= 15 is 0 Å². The van der Waals surface area contributed by atoms with Gasteiger partial charge < -0.3 is 5.11 Å². The third-order valence-corrected chi connectivity index (χ3v) is 4.91. The minimum absolute atomic E-state index is 0.107. The smallest absolute Gasteiger partial charge is 0.303 e. The third-order valence-electron chi connectivity index (χ3n) is 3.15. The molecule has 2 N–H and O–H groups in total. The number of nitrogens with one attached hydrogen (secondary N) is 1. The topological polar surface area (TPSA) is 86.7 Å². The van der Waals surface area contributed by atoms with E-state index in [0.29, 0.717) is 32.5 Å². The lowest BCUT2D eigenvalue weighted by molar-refractivity contribution is -0.137. The molecule has 0 heterocycles. The summed E-state index contributed by atoms with van der Waals surface area (Å²) < 4.78 is 27.6. The molecule has 0 spiro atoms. The summed E-state index contributed by atoms with van der Waals surface area (Å²) in [5, 5.41) is 8.65. The van der Waals surface area contributed by atoms with Crippen LogP contribution in [0.1, 0.15) is 47.0 Å². The highest BCUT2D eigenvalue weighted by Crippen LogP contribution is 2.26. The number of nitrogens with zero attached hydrogens (tertiary/aromatic N) is 1. The molecule has 0 saturated heterocycles. The largest absolute Gasteiger partial charge is 0.481 e. The molecule has 0 aliphatic heterocycles. The number of carboxylic acid groups (broad SMARTS) is 1. The van der Waals surface area contributed by atoms with E-state index in [4.69, 9.17) is 5.11 Å². The average Bonchev–Trinajstić information content (AvgIpc) is 2.27. The second kappa shape index (κ2) is 7.81. The molecule has 0 aliphatic rings. The second-order valence-corrected chi connectivity index (χ2v) is 7.05. The van der Waals surface area contributed by atoms with E-state index in [1.165, 1.54) is 4.31 Å². The summed E-state index contributed by atoms with van der Waals surface area (Å²) in [5.41, 5.74) is -0.190. The lowest BCUT2D eigenvalue weighted by atomic mass is 9.84. The van der Waals surface area contributed by atoms with Crippen LogP contribution in [0.25, 0.3) is 0 Å². The third kappa shape index (κ3) is 7.49. The summed E-state index contributed by atoms with van der Waals surface area (Å²) in [6, 6.07) is 0. The molecular formula is C12H26N2O4S. The van der Waals surface area contributed by atoms with Crippen molar-refractivity contribution in [2.75, 3.05) is 19.6 Å². The lowest BCUT2D eigenvalue weighted by Crippen LogP contribution is -2.41. The first-order valence-corrected chi connectivity index (χ1v) is 8.05. The first-order chi connectivity index (χ1) is 8.64. The Kier molecular flexibility index (Phi) is 7.54. The molecule has 0 saturated carbocycles. The van der Waals surface area contributed by atoms with E-state index in [0.717, 1.165) is 0 Å². The van der Waals surface area contributed by atoms with E-state index in [1.54, 1.807) is 13.8 Å². The van der Waals surface area contributed by atoms with Gasteiger partial charge >= 0.3 is 5.97 Å². The Morgan fingerprint density at radius 2 is 1.74 bits per heavy atom. The maximum atomic E-state index is 11.9. The molecule has 0 aromatic rings. The predicted molar refractivity (Wildman–Crippen MR) is 75.1 cm³/mol. The molecule has 6 nitrogen and oxygen atoms in total. The van der Waals surface area contributed by atoms with Crippen LogP contribution in [0.15, 0.2) is 0 Å². The zero-order valence-electron chi connectivity index (χ0n) is 12.3. The molecule has 0 rings (SSSR count). The minimum Gasteiger partial charge on any atom is -0.481 e. The Morgan fingerprint density at radius 1 is 1.21 bits per heavy atom. The van der Waals surface area contributed by atoms with Gasteiger partial charge in [-0.15, -0.1) is 0 Å². The van der Waals surface area contributed by atoms with Gasteiger partial charge in [-0.05, 0) is 18.3 Å². The molecule has 114 valence electrons. The zero-order valence-corrected chi connectivity index (χ0v) is 13.1. The summed E-state index contributed by atoms with van der Waals surface area (Å²) in [4.78, 5) is 10.5. The van der Waals surface area contributed by atoms with E-state index in [1.807, 2.05) is 13.8 Å². The van der Waals surface area contributed by atoms with E-state index in [2.05, 4.69) is 4.72 Å². The van der Waals surface area contributed by atoms with Gasteiger partial charge in [0, 0.05) is 26.1 Å². The van der Waals surface area contributed by atoms with Crippen LogP contribution in [-0.4, -0.2) is 43.4 Å². The van der Waals surface area contributed by atoms with Crippen LogP contribution in [0.5, 0.6) is 0 Å². The molecule has 0 aliphatic carbocycles. The summed E-state index contributed by atoms with van der Waals surface area (Å²) in [7, 11) is -3.41. The highest BCUT2D eigenvalue weighted by Gasteiger charge is 2.22. The number of hydrogen-bond acceptors (Lipinski definition) is 3. The highest BCUT2D eigenvalue weighted by atomic mass is 32.2. The van der Waals surface area contributed by atoms with Crippen molar-refractivity contribution in [2.45, 2.75) is 47.0 Å². The van der Waals surface area contributed by atoms with Crippen LogP contribution in [0.3, 0.4) is 0 Å². The molecule has 19 heavy (non-hydrogen) atoms. The van der Waals surface area contributed by atoms with Gasteiger partial charge in [-0.2, -0.15) is 12.7 Å². The van der Waals surface area contributed by atoms with E-state index in [-0.39, 0.29) is 11.8 Å². The van der Waals surface area contributed by atoms with Crippen LogP contribution in [-0.2, 0) is 15.0 Å². The van der Waals surface area contributed by atoms with Crippen molar-refractivity contribution in [1.82, 2.24) is 9.03 Å². The van der Waals surface area contributed by atoms with Crippen LogP contribution >= 0.6 is 0 Å². The van der Waals surface area contributed by atoms with Crippen LogP contribution in [0.4, 0.5) is 0 Å². The van der Waals surface area contributed by atoms with Gasteiger partial charge in [0.1, 0.15) is 0 Å². The number of rotatable bonds is 10. The average molecular weight is 294 g/mol. The van der Waals surface area contributed by atoms with Crippen molar-refractivity contribution in [2.24, 2.45) is 5.41 Å². The SMILES string of the molecule is CCN(CC)S(=O)(=O)NCCC(C)(C)CCC(=O)O. The normalized spacial score (nSPS) is 12.9. The van der Waals surface area contributed by atoms with Crippen molar-refractivity contribution >= 4 is 16.2 Å². The van der Waals surface area contributed by atoms with Crippen LogP contribution in [0, 0.1) is 5.41 Å². The standard InChI is InChI=1S/C12H26N2O4S/c1-5-14(6-2)19(17,18)13-10-9-12(3,4)8-7-11(15)16/h13H,5-10H2,1-4H3,(H,15,16). The Balaban J connectivity index is 4.24. The Morgan fingerprint density at radius 3 is 2.16 bits per heavy atom. The molecule has 0 fully saturated rings. The fourth-order valence-electron chi connectivity index (χ4n) is 1.74. The van der Waals surface area contributed by atoms with Gasteiger partial charge in [-0.25, -0.2) is 4.72 Å². The Hall–Kier alpha value is -0.660. The van der Waals surface area contributed by atoms with Gasteiger partial charge in [0.2, 0.25) is 0 Å². The first kappa shape index (κ1) is 18.3. The molecule has 0 aromatic heterocycles. The minimum atomic E-state index is -3.41. The number of carbonyl (C=O) groups is 1. The highest BCUT2D eigenvalue weighted by molar-refractivity contribution is 7.87. The molecule has 7 heteroatoms. The maximum Gasteiger partial charge on any atom is 0.303 e. The zero-order chi connectivity index (χ0) is 15.1. The Bertz CT molecular complexity index is 375. The first-order valence-electron chi connectivity index (χ1n) is 6.61. The maximum absolute atomic E-state index is 11.9.